The van der Waals surface area contributed by atoms with Crippen molar-refractivity contribution in [3.8, 4) is 0 Å². The molecule has 0 radical (unpaired) electrons. The zero-order chi connectivity index (χ0) is 13.7. The SMILES string of the molecule is C=C/C=C(\C=C\C(C)CC)c1cc2ccccc2o1. The van der Waals surface area contributed by atoms with Gasteiger partial charge < -0.3 is 4.42 Å². The lowest BCUT2D eigenvalue weighted by Gasteiger charge is -2.01. The van der Waals surface area contributed by atoms with Crippen molar-refractivity contribution >= 4 is 16.5 Å². The molecule has 1 nitrogen and oxygen atoms in total. The van der Waals surface area contributed by atoms with Gasteiger partial charge in [0.25, 0.3) is 0 Å². The summed E-state index contributed by atoms with van der Waals surface area (Å²) in [5, 5.41) is 1.13. The Morgan fingerprint density at radius 3 is 2.84 bits per heavy atom. The molecule has 0 aliphatic carbocycles. The highest BCUT2D eigenvalue weighted by Crippen LogP contribution is 2.25. The Morgan fingerprint density at radius 2 is 2.16 bits per heavy atom. The number of hydrogen-bond acceptors (Lipinski definition) is 1. The van der Waals surface area contributed by atoms with Crippen LogP contribution in [0.3, 0.4) is 0 Å². The third-order valence-corrected chi connectivity index (χ3v) is 3.26. The summed E-state index contributed by atoms with van der Waals surface area (Å²) in [5.41, 5.74) is 1.98. The largest absolute Gasteiger partial charge is 0.456 e. The lowest BCUT2D eigenvalue weighted by Crippen LogP contribution is -1.85. The second-order valence-corrected chi connectivity index (χ2v) is 4.75. The minimum Gasteiger partial charge on any atom is -0.456 e. The second-order valence-electron chi connectivity index (χ2n) is 4.75. The summed E-state index contributed by atoms with van der Waals surface area (Å²) in [6, 6.07) is 10.1. The predicted octanol–water partition coefficient (Wildman–Crippen LogP) is 5.60. The number of benzene rings is 1. The maximum absolute atomic E-state index is 5.88. The lowest BCUT2D eigenvalue weighted by molar-refractivity contribution is 0.601. The molecule has 19 heavy (non-hydrogen) atoms. The highest BCUT2D eigenvalue weighted by Gasteiger charge is 2.06. The minimum absolute atomic E-state index is 0.567. The molecule has 0 aliphatic heterocycles. The Hall–Kier alpha value is -2.02. The molecule has 98 valence electrons. The van der Waals surface area contributed by atoms with Crippen LogP contribution in [0.4, 0.5) is 0 Å². The molecule has 1 aromatic carbocycles. The maximum Gasteiger partial charge on any atom is 0.135 e. The molecule has 0 spiro atoms. The quantitative estimate of drug-likeness (QED) is 0.631. The van der Waals surface area contributed by atoms with Gasteiger partial charge in [-0.15, -0.1) is 0 Å². The van der Waals surface area contributed by atoms with Crippen molar-refractivity contribution in [2.45, 2.75) is 20.3 Å². The number of furan rings is 1. The molecule has 2 rings (SSSR count). The molecular weight excluding hydrogens is 232 g/mol. The van der Waals surface area contributed by atoms with Crippen molar-refractivity contribution in [2.24, 2.45) is 5.92 Å². The molecule has 1 heterocycles. The van der Waals surface area contributed by atoms with Crippen LogP contribution in [0, 0.1) is 5.92 Å². The number of rotatable bonds is 5. The van der Waals surface area contributed by atoms with Crippen LogP contribution in [0.5, 0.6) is 0 Å². The number of hydrogen-bond donors (Lipinski definition) is 0. The van der Waals surface area contributed by atoms with E-state index in [2.05, 4.69) is 44.7 Å². The Labute approximate surface area is 114 Å². The first-order chi connectivity index (χ1) is 9.24. The lowest BCUT2D eigenvalue weighted by atomic mass is 10.1. The molecule has 0 amide bonds. The van der Waals surface area contributed by atoms with Crippen LogP contribution in [0.2, 0.25) is 0 Å². The molecule has 0 bridgehead atoms. The van der Waals surface area contributed by atoms with Gasteiger partial charge >= 0.3 is 0 Å². The van der Waals surface area contributed by atoms with Crippen LogP contribution in [-0.2, 0) is 0 Å². The summed E-state index contributed by atoms with van der Waals surface area (Å²) in [7, 11) is 0. The van der Waals surface area contributed by atoms with Crippen LogP contribution in [0.1, 0.15) is 26.0 Å². The Balaban J connectivity index is 2.36. The van der Waals surface area contributed by atoms with E-state index in [-0.39, 0.29) is 0 Å². The van der Waals surface area contributed by atoms with Gasteiger partial charge in [0.05, 0.1) is 0 Å². The molecule has 0 saturated carbocycles. The first-order valence-electron chi connectivity index (χ1n) is 6.74. The zero-order valence-corrected chi connectivity index (χ0v) is 11.6. The summed E-state index contributed by atoms with van der Waals surface area (Å²) in [4.78, 5) is 0. The van der Waals surface area contributed by atoms with Crippen molar-refractivity contribution in [1.82, 2.24) is 0 Å². The summed E-state index contributed by atoms with van der Waals surface area (Å²) in [5.74, 6) is 1.46. The molecular formula is C18H20O. The van der Waals surface area contributed by atoms with Crippen LogP contribution < -0.4 is 0 Å². The highest BCUT2D eigenvalue weighted by atomic mass is 16.3. The highest BCUT2D eigenvalue weighted by molar-refractivity contribution is 5.84. The van der Waals surface area contributed by atoms with E-state index in [0.29, 0.717) is 5.92 Å². The van der Waals surface area contributed by atoms with Crippen LogP contribution >= 0.6 is 0 Å². The van der Waals surface area contributed by atoms with Gasteiger partial charge in [-0.05, 0) is 18.1 Å². The van der Waals surface area contributed by atoms with Gasteiger partial charge in [-0.1, -0.05) is 69.4 Å². The molecule has 1 unspecified atom stereocenters. The van der Waals surface area contributed by atoms with E-state index in [0.717, 1.165) is 28.7 Å². The van der Waals surface area contributed by atoms with E-state index in [1.165, 1.54) is 0 Å². The smallest absolute Gasteiger partial charge is 0.135 e. The molecule has 1 atom stereocenters. The predicted molar refractivity (Wildman–Crippen MR) is 83.0 cm³/mol. The first-order valence-corrected chi connectivity index (χ1v) is 6.74. The van der Waals surface area contributed by atoms with Crippen molar-refractivity contribution < 1.29 is 4.42 Å². The van der Waals surface area contributed by atoms with Crippen molar-refractivity contribution in [1.29, 1.82) is 0 Å². The standard InChI is InChI=1S/C18H20O/c1-4-8-15(12-11-14(3)5-2)18-13-16-9-6-7-10-17(16)19-18/h4,6-14H,1,5H2,2-3H3/b12-11+,15-8+. The zero-order valence-electron chi connectivity index (χ0n) is 11.6. The molecule has 0 N–H and O–H groups in total. The van der Waals surface area contributed by atoms with Crippen LogP contribution in [0.15, 0.2) is 65.6 Å². The average Bonchev–Trinajstić information content (AvgIpc) is 2.86. The van der Waals surface area contributed by atoms with E-state index in [9.17, 15) is 0 Å². The Morgan fingerprint density at radius 1 is 1.37 bits per heavy atom. The molecule has 1 heteroatoms. The van der Waals surface area contributed by atoms with Crippen molar-refractivity contribution in [3.63, 3.8) is 0 Å². The minimum atomic E-state index is 0.567. The maximum atomic E-state index is 5.88. The van der Waals surface area contributed by atoms with Gasteiger partial charge in [0.2, 0.25) is 0 Å². The average molecular weight is 252 g/mol. The van der Waals surface area contributed by atoms with Gasteiger partial charge in [-0.2, -0.15) is 0 Å². The van der Waals surface area contributed by atoms with Gasteiger partial charge in [-0.25, -0.2) is 0 Å². The van der Waals surface area contributed by atoms with Gasteiger partial charge in [0, 0.05) is 11.0 Å². The summed E-state index contributed by atoms with van der Waals surface area (Å²) < 4.78 is 5.88. The van der Waals surface area contributed by atoms with Gasteiger partial charge in [0.1, 0.15) is 11.3 Å². The third-order valence-electron chi connectivity index (χ3n) is 3.26. The van der Waals surface area contributed by atoms with Crippen molar-refractivity contribution in [3.05, 3.63) is 67.0 Å². The Kier molecular flexibility index (Phi) is 4.40. The monoisotopic (exact) mass is 252 g/mol. The van der Waals surface area contributed by atoms with Crippen molar-refractivity contribution in [2.75, 3.05) is 0 Å². The van der Waals surface area contributed by atoms with Crippen LogP contribution in [0.25, 0.3) is 16.5 Å². The first kappa shape index (κ1) is 13.4. The second kappa shape index (κ2) is 6.24. The number of para-hydroxylation sites is 1. The molecule has 2 aromatic rings. The number of fused-ring (bicyclic) bond motifs is 1. The Bertz CT molecular complexity index is 580. The fourth-order valence-electron chi connectivity index (χ4n) is 1.87. The van der Waals surface area contributed by atoms with Gasteiger partial charge in [-0.3, -0.25) is 0 Å². The number of allylic oxidation sites excluding steroid dienone is 5. The summed E-state index contributed by atoms with van der Waals surface area (Å²) in [6.45, 7) is 8.17. The fraction of sp³-hybridized carbons (Fsp3) is 0.222. The molecule has 0 aliphatic rings. The summed E-state index contributed by atoms with van der Waals surface area (Å²) >= 11 is 0. The topological polar surface area (TPSA) is 13.1 Å². The van der Waals surface area contributed by atoms with Crippen LogP contribution in [-0.4, -0.2) is 0 Å². The van der Waals surface area contributed by atoms with E-state index in [1.54, 1.807) is 6.08 Å². The molecule has 0 fully saturated rings. The van der Waals surface area contributed by atoms with E-state index < -0.39 is 0 Å². The van der Waals surface area contributed by atoms with E-state index in [4.69, 9.17) is 4.42 Å². The van der Waals surface area contributed by atoms with E-state index in [1.807, 2.05) is 24.3 Å². The summed E-state index contributed by atoms with van der Waals surface area (Å²) in [6.07, 6.45) is 9.24. The van der Waals surface area contributed by atoms with Gasteiger partial charge in [0.15, 0.2) is 0 Å². The fourth-order valence-corrected chi connectivity index (χ4v) is 1.87. The molecule has 1 aromatic heterocycles. The normalized spacial score (nSPS) is 14.1. The van der Waals surface area contributed by atoms with E-state index >= 15 is 0 Å². The molecule has 0 saturated heterocycles. The third kappa shape index (κ3) is 3.25.